The molecule has 0 N–H and O–H groups in total. The zero-order chi connectivity index (χ0) is 25.9. The maximum atomic E-state index is 13.9. The number of carbonyl (C=O) groups excluding carboxylic acids is 1. The molecule has 0 aliphatic rings. The Bertz CT molecular complexity index is 1560. The highest BCUT2D eigenvalue weighted by molar-refractivity contribution is 7.92. The average molecular weight is 501 g/mol. The van der Waals surface area contributed by atoms with Gasteiger partial charge in [0.05, 0.1) is 46.3 Å². The normalized spacial score (nSPS) is 11.4. The van der Waals surface area contributed by atoms with E-state index in [1.165, 1.54) is 4.31 Å². The van der Waals surface area contributed by atoms with E-state index in [2.05, 4.69) is 6.07 Å². The highest BCUT2D eigenvalue weighted by atomic mass is 32.2. The Kier molecular flexibility index (Phi) is 7.22. The van der Waals surface area contributed by atoms with Crippen LogP contribution in [-0.2, 0) is 34.3 Å². The third-order valence-electron chi connectivity index (χ3n) is 6.01. The summed E-state index contributed by atoms with van der Waals surface area (Å²) >= 11 is 0. The lowest BCUT2D eigenvalue weighted by Crippen LogP contribution is -2.31. The zero-order valence-electron chi connectivity index (χ0n) is 20.6. The van der Waals surface area contributed by atoms with E-state index in [-0.39, 0.29) is 23.8 Å². The van der Waals surface area contributed by atoms with Crippen molar-refractivity contribution in [3.8, 4) is 6.07 Å². The number of nitrogens with zero attached hydrogens (tertiary/aromatic N) is 4. The summed E-state index contributed by atoms with van der Waals surface area (Å²) in [5, 5.41) is 9.59. The SMILES string of the molecule is CCCc1nc2cc(N(Cc3ccccc3C#N)S(=O)(=O)c3ccc(C)cc3)ccc2n1CC(C)=O. The van der Waals surface area contributed by atoms with Crippen LogP contribution in [0.15, 0.2) is 71.6 Å². The minimum Gasteiger partial charge on any atom is -0.320 e. The first-order valence-corrected chi connectivity index (χ1v) is 13.2. The van der Waals surface area contributed by atoms with Crippen LogP contribution < -0.4 is 4.31 Å². The van der Waals surface area contributed by atoms with E-state index in [4.69, 9.17) is 4.98 Å². The number of anilines is 1. The van der Waals surface area contributed by atoms with Gasteiger partial charge in [-0.2, -0.15) is 5.26 Å². The average Bonchev–Trinajstić information content (AvgIpc) is 3.18. The molecule has 0 spiro atoms. The van der Waals surface area contributed by atoms with Gasteiger partial charge in [0.1, 0.15) is 11.6 Å². The van der Waals surface area contributed by atoms with Crippen molar-refractivity contribution in [2.24, 2.45) is 0 Å². The summed E-state index contributed by atoms with van der Waals surface area (Å²) in [6, 6.07) is 21.1. The van der Waals surface area contributed by atoms with E-state index in [1.54, 1.807) is 67.6 Å². The summed E-state index contributed by atoms with van der Waals surface area (Å²) in [6.07, 6.45) is 1.57. The van der Waals surface area contributed by atoms with Gasteiger partial charge in [-0.3, -0.25) is 9.10 Å². The van der Waals surface area contributed by atoms with Crippen LogP contribution in [0.1, 0.15) is 42.8 Å². The van der Waals surface area contributed by atoms with E-state index >= 15 is 0 Å². The Morgan fingerprint density at radius 3 is 2.47 bits per heavy atom. The number of nitriles is 1. The molecule has 4 rings (SSSR count). The number of rotatable bonds is 9. The smallest absolute Gasteiger partial charge is 0.264 e. The number of Topliss-reactive ketones (excluding diaryl/α,β-unsaturated/α-hetero) is 1. The Morgan fingerprint density at radius 1 is 1.08 bits per heavy atom. The van der Waals surface area contributed by atoms with Gasteiger partial charge in [0.2, 0.25) is 0 Å². The van der Waals surface area contributed by atoms with Crippen molar-refractivity contribution in [2.75, 3.05) is 4.31 Å². The van der Waals surface area contributed by atoms with E-state index in [9.17, 15) is 18.5 Å². The first-order valence-electron chi connectivity index (χ1n) is 11.8. The van der Waals surface area contributed by atoms with E-state index < -0.39 is 10.0 Å². The molecule has 1 heterocycles. The van der Waals surface area contributed by atoms with Crippen molar-refractivity contribution >= 4 is 32.5 Å². The van der Waals surface area contributed by atoms with Crippen molar-refractivity contribution in [2.45, 2.75) is 51.6 Å². The highest BCUT2D eigenvalue weighted by Gasteiger charge is 2.27. The standard InChI is InChI=1S/C28H28N4O3S/c1-4-7-28-30-26-16-24(12-15-27(26)31(28)18-21(3)33)32(19-23-9-6-5-8-22(23)17-29)36(34,35)25-13-10-20(2)11-14-25/h5-6,8-16H,4,7,18-19H2,1-3H3. The van der Waals surface area contributed by atoms with Crippen LogP contribution in [0.3, 0.4) is 0 Å². The first kappa shape index (κ1) is 25.1. The van der Waals surface area contributed by atoms with Gasteiger partial charge in [-0.1, -0.05) is 42.8 Å². The predicted octanol–water partition coefficient (Wildman–Crippen LogP) is 5.15. The summed E-state index contributed by atoms with van der Waals surface area (Å²) in [5.74, 6) is 0.815. The fourth-order valence-corrected chi connectivity index (χ4v) is 5.65. The van der Waals surface area contributed by atoms with Gasteiger partial charge in [0, 0.05) is 6.42 Å². The van der Waals surface area contributed by atoms with Crippen LogP contribution in [0.5, 0.6) is 0 Å². The van der Waals surface area contributed by atoms with E-state index in [0.29, 0.717) is 28.8 Å². The van der Waals surface area contributed by atoms with Crippen molar-refractivity contribution in [3.05, 3.63) is 89.2 Å². The Labute approximate surface area is 211 Å². The minimum atomic E-state index is -3.96. The van der Waals surface area contributed by atoms with Crippen LogP contribution in [0.25, 0.3) is 11.0 Å². The van der Waals surface area contributed by atoms with Crippen LogP contribution in [0.2, 0.25) is 0 Å². The summed E-state index contributed by atoms with van der Waals surface area (Å²) < 4.78 is 31.0. The molecular formula is C28H28N4O3S. The Morgan fingerprint density at radius 2 is 1.81 bits per heavy atom. The fraction of sp³-hybridized carbons (Fsp3) is 0.250. The maximum absolute atomic E-state index is 13.9. The number of aryl methyl sites for hydroxylation is 2. The molecule has 0 unspecified atom stereocenters. The summed E-state index contributed by atoms with van der Waals surface area (Å²) in [5.41, 5.74) is 3.81. The van der Waals surface area contributed by atoms with Gasteiger partial charge >= 0.3 is 0 Å². The van der Waals surface area contributed by atoms with Crippen LogP contribution in [0, 0.1) is 18.3 Å². The molecule has 0 aliphatic carbocycles. The lowest BCUT2D eigenvalue weighted by atomic mass is 10.1. The second kappa shape index (κ2) is 10.3. The molecule has 7 nitrogen and oxygen atoms in total. The van der Waals surface area contributed by atoms with Crippen molar-refractivity contribution in [1.82, 2.24) is 9.55 Å². The Balaban J connectivity index is 1.88. The van der Waals surface area contributed by atoms with Gasteiger partial charge in [-0.05, 0) is 62.2 Å². The lowest BCUT2D eigenvalue weighted by Gasteiger charge is -2.25. The number of hydrogen-bond acceptors (Lipinski definition) is 5. The van der Waals surface area contributed by atoms with Gasteiger partial charge in [-0.25, -0.2) is 13.4 Å². The molecular weight excluding hydrogens is 472 g/mol. The molecule has 0 saturated carbocycles. The number of benzene rings is 3. The molecule has 184 valence electrons. The molecule has 36 heavy (non-hydrogen) atoms. The Hall–Kier alpha value is -3.96. The molecule has 1 aromatic heterocycles. The number of sulfonamides is 1. The van der Waals surface area contributed by atoms with Crippen LogP contribution in [-0.4, -0.2) is 23.8 Å². The molecule has 0 amide bonds. The third-order valence-corrected chi connectivity index (χ3v) is 7.80. The zero-order valence-corrected chi connectivity index (χ0v) is 21.4. The quantitative estimate of drug-likeness (QED) is 0.317. The molecule has 8 heteroatoms. The van der Waals surface area contributed by atoms with Gasteiger partial charge < -0.3 is 4.57 Å². The number of imidazole rings is 1. The van der Waals surface area contributed by atoms with Crippen molar-refractivity contribution < 1.29 is 13.2 Å². The lowest BCUT2D eigenvalue weighted by molar-refractivity contribution is -0.117. The molecule has 3 aromatic carbocycles. The molecule has 0 bridgehead atoms. The minimum absolute atomic E-state index is 0.0125. The van der Waals surface area contributed by atoms with Gasteiger partial charge in [0.25, 0.3) is 10.0 Å². The number of fused-ring (bicyclic) bond motifs is 1. The topological polar surface area (TPSA) is 96.1 Å². The second-order valence-corrected chi connectivity index (χ2v) is 10.7. The predicted molar refractivity (Wildman–Crippen MR) is 140 cm³/mol. The monoisotopic (exact) mass is 500 g/mol. The molecule has 0 fully saturated rings. The summed E-state index contributed by atoms with van der Waals surface area (Å²) in [7, 11) is -3.96. The molecule has 0 saturated heterocycles. The van der Waals surface area contributed by atoms with E-state index in [0.717, 1.165) is 23.3 Å². The van der Waals surface area contributed by atoms with Crippen LogP contribution in [0.4, 0.5) is 5.69 Å². The fourth-order valence-electron chi connectivity index (χ4n) is 4.21. The molecule has 0 aliphatic heterocycles. The summed E-state index contributed by atoms with van der Waals surface area (Å²) in [4.78, 5) is 16.8. The number of carbonyl (C=O) groups is 1. The van der Waals surface area contributed by atoms with Crippen molar-refractivity contribution in [1.29, 1.82) is 5.26 Å². The highest BCUT2D eigenvalue weighted by Crippen LogP contribution is 2.30. The first-order chi connectivity index (χ1) is 17.2. The van der Waals surface area contributed by atoms with Crippen molar-refractivity contribution in [3.63, 3.8) is 0 Å². The number of hydrogen-bond donors (Lipinski definition) is 0. The number of ketones is 1. The van der Waals surface area contributed by atoms with Gasteiger partial charge in [0.15, 0.2) is 0 Å². The van der Waals surface area contributed by atoms with Crippen LogP contribution >= 0.6 is 0 Å². The molecule has 0 atom stereocenters. The maximum Gasteiger partial charge on any atom is 0.264 e. The third kappa shape index (κ3) is 5.02. The summed E-state index contributed by atoms with van der Waals surface area (Å²) in [6.45, 7) is 5.69. The second-order valence-electron chi connectivity index (χ2n) is 8.83. The van der Waals surface area contributed by atoms with Gasteiger partial charge in [-0.15, -0.1) is 0 Å². The number of aromatic nitrogens is 2. The largest absolute Gasteiger partial charge is 0.320 e. The molecule has 0 radical (unpaired) electrons. The molecule has 4 aromatic rings. The van der Waals surface area contributed by atoms with E-state index in [1.807, 2.05) is 24.5 Å².